The van der Waals surface area contributed by atoms with Crippen LogP contribution in [0.2, 0.25) is 0 Å². The summed E-state index contributed by atoms with van der Waals surface area (Å²) in [5.41, 5.74) is 1.40. The van der Waals surface area contributed by atoms with Gasteiger partial charge < -0.3 is 5.32 Å². The topological polar surface area (TPSA) is 29.1 Å². The molecule has 1 atom stereocenters. The van der Waals surface area contributed by atoms with E-state index in [0.29, 0.717) is 0 Å². The molecule has 0 saturated heterocycles. The Labute approximate surface area is 126 Å². The van der Waals surface area contributed by atoms with E-state index in [1.807, 2.05) is 37.3 Å². The summed E-state index contributed by atoms with van der Waals surface area (Å²) < 4.78 is 25.8. The second-order valence-corrected chi connectivity index (χ2v) is 5.87. The zero-order chi connectivity index (χ0) is 15.2. The molecule has 1 amide bonds. The Kier molecular flexibility index (Phi) is 5.33. The quantitative estimate of drug-likeness (QED) is 0.887. The van der Waals surface area contributed by atoms with Gasteiger partial charge in [-0.05, 0) is 24.6 Å². The number of hydrogen-bond donors (Lipinski definition) is 1. The molecule has 5 heteroatoms. The molecule has 0 aliphatic heterocycles. The molecule has 21 heavy (non-hydrogen) atoms. The molecule has 0 spiro atoms. The number of anilines is 1. The monoisotopic (exact) mass is 307 g/mol. The van der Waals surface area contributed by atoms with Crippen molar-refractivity contribution in [3.05, 3.63) is 65.7 Å². The maximum Gasteiger partial charge on any atom is 0.234 e. The second kappa shape index (κ2) is 7.22. The van der Waals surface area contributed by atoms with E-state index in [0.717, 1.165) is 17.7 Å². The van der Waals surface area contributed by atoms with Crippen molar-refractivity contribution in [2.75, 3.05) is 11.1 Å². The zero-order valence-corrected chi connectivity index (χ0v) is 12.3. The summed E-state index contributed by atoms with van der Waals surface area (Å²) in [5, 5.41) is 2.73. The molecule has 2 nitrogen and oxygen atoms in total. The van der Waals surface area contributed by atoms with Gasteiger partial charge in [0, 0.05) is 17.0 Å². The minimum atomic E-state index is -0.974. The van der Waals surface area contributed by atoms with Gasteiger partial charge in [-0.3, -0.25) is 4.79 Å². The van der Waals surface area contributed by atoms with Gasteiger partial charge in [-0.2, -0.15) is 0 Å². The Balaban J connectivity index is 1.86. The van der Waals surface area contributed by atoms with Crippen molar-refractivity contribution in [2.45, 2.75) is 12.2 Å². The fraction of sp³-hybridized carbons (Fsp3) is 0.188. The third kappa shape index (κ3) is 4.56. The van der Waals surface area contributed by atoms with Gasteiger partial charge in [-0.15, -0.1) is 11.8 Å². The van der Waals surface area contributed by atoms with Gasteiger partial charge in [-0.25, -0.2) is 8.78 Å². The van der Waals surface area contributed by atoms with Crippen LogP contribution in [0, 0.1) is 11.6 Å². The van der Waals surface area contributed by atoms with E-state index in [9.17, 15) is 13.6 Å². The van der Waals surface area contributed by atoms with E-state index in [-0.39, 0.29) is 22.6 Å². The van der Waals surface area contributed by atoms with E-state index in [1.54, 1.807) is 0 Å². The summed E-state index contributed by atoms with van der Waals surface area (Å²) >= 11 is 1.48. The maximum absolute atomic E-state index is 13.0. The molecule has 110 valence electrons. The van der Waals surface area contributed by atoms with Gasteiger partial charge in [-0.1, -0.05) is 30.3 Å². The van der Waals surface area contributed by atoms with Gasteiger partial charge in [0.25, 0.3) is 0 Å². The van der Waals surface area contributed by atoms with Crippen LogP contribution in [-0.2, 0) is 4.79 Å². The van der Waals surface area contributed by atoms with Crippen LogP contribution in [0.15, 0.2) is 48.5 Å². The third-order valence-electron chi connectivity index (χ3n) is 2.94. The largest absolute Gasteiger partial charge is 0.325 e. The van der Waals surface area contributed by atoms with Crippen LogP contribution < -0.4 is 5.32 Å². The number of halogens is 2. The highest BCUT2D eigenvalue weighted by molar-refractivity contribution is 8.00. The molecule has 0 unspecified atom stereocenters. The molecule has 0 aromatic heterocycles. The first-order chi connectivity index (χ1) is 10.1. The van der Waals surface area contributed by atoms with Gasteiger partial charge >= 0.3 is 0 Å². The molecule has 2 rings (SSSR count). The number of hydrogen-bond acceptors (Lipinski definition) is 2. The van der Waals surface area contributed by atoms with Crippen LogP contribution >= 0.6 is 11.8 Å². The van der Waals surface area contributed by atoms with Crippen molar-refractivity contribution >= 4 is 23.4 Å². The number of benzene rings is 2. The minimum Gasteiger partial charge on any atom is -0.325 e. The first kappa shape index (κ1) is 15.5. The van der Waals surface area contributed by atoms with Crippen molar-refractivity contribution in [1.82, 2.24) is 0 Å². The number of nitrogens with one attached hydrogen (secondary N) is 1. The summed E-state index contributed by atoms with van der Waals surface area (Å²) in [4.78, 5) is 11.8. The summed E-state index contributed by atoms with van der Waals surface area (Å²) in [6.07, 6.45) is 0. The molecule has 2 aromatic rings. The van der Waals surface area contributed by atoms with Crippen LogP contribution in [0.4, 0.5) is 14.5 Å². The second-order valence-electron chi connectivity index (χ2n) is 4.54. The van der Waals surface area contributed by atoms with Crippen LogP contribution in [0.5, 0.6) is 0 Å². The fourth-order valence-corrected chi connectivity index (χ4v) is 2.62. The molecule has 0 aliphatic carbocycles. The van der Waals surface area contributed by atoms with Crippen molar-refractivity contribution in [3.63, 3.8) is 0 Å². The molecule has 2 aromatic carbocycles. The van der Waals surface area contributed by atoms with Gasteiger partial charge in [0.2, 0.25) is 5.91 Å². The lowest BCUT2D eigenvalue weighted by atomic mass is 10.2. The highest BCUT2D eigenvalue weighted by Gasteiger charge is 2.10. The Bertz CT molecular complexity index is 619. The standard InChI is InChI=1S/C16H15F2NOS/c1-11(12-5-3-2-4-6-12)21-10-16(20)19-13-7-8-14(17)15(18)9-13/h2-9,11H,10H2,1H3,(H,19,20)/t11-/m1/s1. The fourth-order valence-electron chi connectivity index (χ4n) is 1.79. The molecular weight excluding hydrogens is 292 g/mol. The van der Waals surface area contributed by atoms with Crippen molar-refractivity contribution in [1.29, 1.82) is 0 Å². The SMILES string of the molecule is C[C@@H](SCC(=O)Nc1ccc(F)c(F)c1)c1ccccc1. The third-order valence-corrected chi connectivity index (χ3v) is 4.14. The molecule has 0 aliphatic rings. The first-order valence-corrected chi connectivity index (χ1v) is 7.52. The molecule has 0 fully saturated rings. The number of amides is 1. The van der Waals surface area contributed by atoms with Crippen LogP contribution in [0.1, 0.15) is 17.7 Å². The van der Waals surface area contributed by atoms with Crippen molar-refractivity contribution in [2.24, 2.45) is 0 Å². The maximum atomic E-state index is 13.0. The van der Waals surface area contributed by atoms with Gasteiger partial charge in [0.05, 0.1) is 5.75 Å². The number of carbonyl (C=O) groups is 1. The van der Waals surface area contributed by atoms with Crippen LogP contribution in [0.25, 0.3) is 0 Å². The normalized spacial score (nSPS) is 12.0. The summed E-state index contributed by atoms with van der Waals surface area (Å²) in [7, 11) is 0. The average molecular weight is 307 g/mol. The van der Waals surface area contributed by atoms with E-state index >= 15 is 0 Å². The highest BCUT2D eigenvalue weighted by atomic mass is 32.2. The Morgan fingerprint density at radius 2 is 1.86 bits per heavy atom. The Morgan fingerprint density at radius 1 is 1.14 bits per heavy atom. The van der Waals surface area contributed by atoms with Crippen LogP contribution in [-0.4, -0.2) is 11.7 Å². The predicted molar refractivity (Wildman–Crippen MR) is 82.3 cm³/mol. The smallest absolute Gasteiger partial charge is 0.234 e. The molecular formula is C16H15F2NOS. The summed E-state index contributed by atoms with van der Waals surface area (Å²) in [6, 6.07) is 13.2. The van der Waals surface area contributed by atoms with Gasteiger partial charge in [0.15, 0.2) is 11.6 Å². The van der Waals surface area contributed by atoms with Crippen molar-refractivity contribution < 1.29 is 13.6 Å². The summed E-state index contributed by atoms with van der Waals surface area (Å²) in [5.74, 6) is -1.90. The highest BCUT2D eigenvalue weighted by Crippen LogP contribution is 2.27. The van der Waals surface area contributed by atoms with Crippen molar-refractivity contribution in [3.8, 4) is 0 Å². The Hall–Kier alpha value is -1.88. The minimum absolute atomic E-state index is 0.182. The lowest BCUT2D eigenvalue weighted by molar-refractivity contribution is -0.113. The molecule has 0 bridgehead atoms. The van der Waals surface area contributed by atoms with E-state index in [1.165, 1.54) is 17.8 Å². The molecule has 0 saturated carbocycles. The lowest BCUT2D eigenvalue weighted by Crippen LogP contribution is -2.15. The van der Waals surface area contributed by atoms with E-state index in [4.69, 9.17) is 0 Å². The number of thioether (sulfide) groups is 1. The molecule has 1 N–H and O–H groups in total. The predicted octanol–water partition coefficient (Wildman–Crippen LogP) is 4.40. The van der Waals surface area contributed by atoms with E-state index < -0.39 is 11.6 Å². The number of rotatable bonds is 5. The molecule has 0 heterocycles. The lowest BCUT2D eigenvalue weighted by Gasteiger charge is -2.11. The molecule has 0 radical (unpaired) electrons. The average Bonchev–Trinajstić information content (AvgIpc) is 2.49. The van der Waals surface area contributed by atoms with Gasteiger partial charge in [0.1, 0.15) is 0 Å². The van der Waals surface area contributed by atoms with Crippen LogP contribution in [0.3, 0.4) is 0 Å². The summed E-state index contributed by atoms with van der Waals surface area (Å²) in [6.45, 7) is 2.02. The first-order valence-electron chi connectivity index (χ1n) is 6.47. The number of carbonyl (C=O) groups excluding carboxylic acids is 1. The Morgan fingerprint density at radius 3 is 2.52 bits per heavy atom. The zero-order valence-electron chi connectivity index (χ0n) is 11.5. The van der Waals surface area contributed by atoms with E-state index in [2.05, 4.69) is 5.32 Å².